The minimum absolute atomic E-state index is 0.0723. The maximum atomic E-state index is 12.7. The van der Waals surface area contributed by atoms with E-state index in [4.69, 9.17) is 4.74 Å². The molecule has 2 heterocycles. The van der Waals surface area contributed by atoms with Crippen LogP contribution in [0.2, 0.25) is 0 Å². The van der Waals surface area contributed by atoms with Gasteiger partial charge >= 0.3 is 6.18 Å². The molecule has 1 saturated carbocycles. The standard InChI is InChI=1S/C15H15F3N2O2/c16-15(17,18)9-3-5-10(6-4-9)22-12-8-20-14(21)11-2-1-7-19-13(11)12/h1-2,7-10H,3-6H2,(H,20,21). The van der Waals surface area contributed by atoms with Gasteiger partial charge in [-0.1, -0.05) is 0 Å². The largest absolute Gasteiger partial charge is 0.487 e. The van der Waals surface area contributed by atoms with Crippen molar-refractivity contribution in [2.24, 2.45) is 5.92 Å². The summed E-state index contributed by atoms with van der Waals surface area (Å²) in [5, 5.41) is 0.406. The molecule has 3 rings (SSSR count). The van der Waals surface area contributed by atoms with Crippen molar-refractivity contribution in [2.45, 2.75) is 38.0 Å². The first kappa shape index (κ1) is 14.9. The van der Waals surface area contributed by atoms with Gasteiger partial charge in [-0.2, -0.15) is 13.2 Å². The molecule has 1 N–H and O–H groups in total. The SMILES string of the molecule is O=c1[nH]cc(OC2CCC(C(F)(F)F)CC2)c2ncccc12. The average molecular weight is 312 g/mol. The highest BCUT2D eigenvalue weighted by molar-refractivity contribution is 5.82. The molecule has 2 aromatic heterocycles. The zero-order valence-electron chi connectivity index (χ0n) is 11.7. The number of rotatable bonds is 2. The third-order valence-electron chi connectivity index (χ3n) is 4.05. The normalized spacial score (nSPS) is 22.7. The van der Waals surface area contributed by atoms with Crippen LogP contribution < -0.4 is 10.3 Å². The molecular formula is C15H15F3N2O2. The van der Waals surface area contributed by atoms with Crippen LogP contribution in [0.15, 0.2) is 29.3 Å². The minimum Gasteiger partial charge on any atom is -0.487 e. The monoisotopic (exact) mass is 312 g/mol. The number of hydrogen-bond acceptors (Lipinski definition) is 3. The number of halogens is 3. The number of nitrogens with one attached hydrogen (secondary N) is 1. The molecule has 4 nitrogen and oxygen atoms in total. The van der Waals surface area contributed by atoms with Crippen LogP contribution in [0.5, 0.6) is 5.75 Å². The van der Waals surface area contributed by atoms with E-state index in [0.29, 0.717) is 29.5 Å². The lowest BCUT2D eigenvalue weighted by Crippen LogP contribution is -2.32. The van der Waals surface area contributed by atoms with Gasteiger partial charge in [-0.15, -0.1) is 0 Å². The number of nitrogens with zero attached hydrogens (tertiary/aromatic N) is 1. The highest BCUT2D eigenvalue weighted by atomic mass is 19.4. The molecule has 0 radical (unpaired) electrons. The first-order valence-electron chi connectivity index (χ1n) is 7.15. The fourth-order valence-corrected chi connectivity index (χ4v) is 2.84. The molecule has 0 unspecified atom stereocenters. The molecule has 0 spiro atoms. The Bertz CT molecular complexity index is 719. The lowest BCUT2D eigenvalue weighted by atomic mass is 9.87. The van der Waals surface area contributed by atoms with E-state index in [1.54, 1.807) is 18.3 Å². The molecule has 0 atom stereocenters. The molecule has 1 aliphatic rings. The first-order valence-corrected chi connectivity index (χ1v) is 7.15. The summed E-state index contributed by atoms with van der Waals surface area (Å²) in [7, 11) is 0. The average Bonchev–Trinajstić information content (AvgIpc) is 2.50. The second kappa shape index (κ2) is 5.62. The van der Waals surface area contributed by atoms with Gasteiger partial charge in [0.15, 0.2) is 5.75 Å². The third kappa shape index (κ3) is 2.93. The minimum atomic E-state index is -4.13. The summed E-state index contributed by atoms with van der Waals surface area (Å²) >= 11 is 0. The third-order valence-corrected chi connectivity index (χ3v) is 4.05. The summed E-state index contributed by atoms with van der Waals surface area (Å²) in [4.78, 5) is 18.4. The van der Waals surface area contributed by atoms with Gasteiger partial charge in [-0.25, -0.2) is 0 Å². The van der Waals surface area contributed by atoms with Crippen LogP contribution in [0.4, 0.5) is 13.2 Å². The Hall–Kier alpha value is -2.05. The van der Waals surface area contributed by atoms with E-state index in [1.807, 2.05) is 0 Å². The zero-order valence-corrected chi connectivity index (χ0v) is 11.7. The molecule has 1 aliphatic carbocycles. The second-order valence-electron chi connectivity index (χ2n) is 5.51. The summed E-state index contributed by atoms with van der Waals surface area (Å²) in [6.45, 7) is 0. The quantitative estimate of drug-likeness (QED) is 0.924. The van der Waals surface area contributed by atoms with Gasteiger partial charge in [-0.05, 0) is 37.8 Å². The van der Waals surface area contributed by atoms with Crippen molar-refractivity contribution >= 4 is 10.9 Å². The smallest absolute Gasteiger partial charge is 0.391 e. The number of aromatic nitrogens is 2. The van der Waals surface area contributed by atoms with Crippen LogP contribution in [-0.4, -0.2) is 22.2 Å². The highest BCUT2D eigenvalue weighted by Gasteiger charge is 2.41. The maximum Gasteiger partial charge on any atom is 0.391 e. The number of ether oxygens (including phenoxy) is 1. The second-order valence-corrected chi connectivity index (χ2v) is 5.51. The van der Waals surface area contributed by atoms with Gasteiger partial charge in [0.2, 0.25) is 0 Å². The lowest BCUT2D eigenvalue weighted by molar-refractivity contribution is -0.185. The van der Waals surface area contributed by atoms with E-state index in [0.717, 1.165) is 0 Å². The van der Waals surface area contributed by atoms with Crippen LogP contribution in [0, 0.1) is 5.92 Å². The Kier molecular flexibility index (Phi) is 3.80. The van der Waals surface area contributed by atoms with Crippen molar-refractivity contribution in [2.75, 3.05) is 0 Å². The maximum absolute atomic E-state index is 12.7. The molecular weight excluding hydrogens is 297 g/mol. The number of pyridine rings is 2. The molecule has 22 heavy (non-hydrogen) atoms. The van der Waals surface area contributed by atoms with Crippen molar-refractivity contribution in [3.63, 3.8) is 0 Å². The fourth-order valence-electron chi connectivity index (χ4n) is 2.84. The Morgan fingerprint density at radius 3 is 2.64 bits per heavy atom. The van der Waals surface area contributed by atoms with Crippen molar-refractivity contribution < 1.29 is 17.9 Å². The van der Waals surface area contributed by atoms with Gasteiger partial charge < -0.3 is 9.72 Å². The van der Waals surface area contributed by atoms with Crippen LogP contribution >= 0.6 is 0 Å². The molecule has 7 heteroatoms. The highest BCUT2D eigenvalue weighted by Crippen LogP contribution is 2.38. The molecule has 0 bridgehead atoms. The molecule has 2 aromatic rings. The van der Waals surface area contributed by atoms with E-state index in [9.17, 15) is 18.0 Å². The molecule has 0 saturated heterocycles. The van der Waals surface area contributed by atoms with Gasteiger partial charge in [0, 0.05) is 12.4 Å². The molecule has 0 amide bonds. The van der Waals surface area contributed by atoms with E-state index in [-0.39, 0.29) is 24.5 Å². The molecule has 1 fully saturated rings. The van der Waals surface area contributed by atoms with Crippen molar-refractivity contribution in [1.82, 2.24) is 9.97 Å². The summed E-state index contributed by atoms with van der Waals surface area (Å²) in [6, 6.07) is 3.28. The summed E-state index contributed by atoms with van der Waals surface area (Å²) in [5.41, 5.74) is 0.167. The summed E-state index contributed by atoms with van der Waals surface area (Å²) < 4.78 is 43.8. The number of alkyl halides is 3. The first-order chi connectivity index (χ1) is 10.4. The van der Waals surface area contributed by atoms with Crippen LogP contribution in [0.25, 0.3) is 10.9 Å². The number of aromatic amines is 1. The Balaban J connectivity index is 1.76. The summed E-state index contributed by atoms with van der Waals surface area (Å²) in [5.74, 6) is -0.830. The molecule has 0 aromatic carbocycles. The number of H-pyrrole nitrogens is 1. The summed E-state index contributed by atoms with van der Waals surface area (Å²) in [6.07, 6.45) is -0.601. The van der Waals surface area contributed by atoms with Crippen LogP contribution in [-0.2, 0) is 0 Å². The Morgan fingerprint density at radius 1 is 1.23 bits per heavy atom. The predicted octanol–water partition coefficient (Wildman–Crippen LogP) is 3.42. The lowest BCUT2D eigenvalue weighted by Gasteiger charge is -2.30. The van der Waals surface area contributed by atoms with E-state index >= 15 is 0 Å². The number of fused-ring (bicyclic) bond motifs is 1. The van der Waals surface area contributed by atoms with Crippen molar-refractivity contribution in [3.8, 4) is 5.75 Å². The van der Waals surface area contributed by atoms with Gasteiger partial charge in [0.05, 0.1) is 17.4 Å². The fraction of sp³-hybridized carbons (Fsp3) is 0.467. The van der Waals surface area contributed by atoms with E-state index < -0.39 is 12.1 Å². The zero-order chi connectivity index (χ0) is 15.7. The van der Waals surface area contributed by atoms with Crippen molar-refractivity contribution in [1.29, 1.82) is 0 Å². The van der Waals surface area contributed by atoms with Gasteiger partial charge in [0.1, 0.15) is 5.52 Å². The Labute approximate surface area is 124 Å². The Morgan fingerprint density at radius 2 is 1.95 bits per heavy atom. The van der Waals surface area contributed by atoms with Crippen LogP contribution in [0.3, 0.4) is 0 Å². The molecule has 118 valence electrons. The van der Waals surface area contributed by atoms with Gasteiger partial charge in [0.25, 0.3) is 5.56 Å². The topological polar surface area (TPSA) is 55.0 Å². The predicted molar refractivity (Wildman–Crippen MR) is 74.8 cm³/mol. The van der Waals surface area contributed by atoms with Gasteiger partial charge in [-0.3, -0.25) is 9.78 Å². The van der Waals surface area contributed by atoms with E-state index in [1.165, 1.54) is 6.20 Å². The number of hydrogen-bond donors (Lipinski definition) is 1. The van der Waals surface area contributed by atoms with E-state index in [2.05, 4.69) is 9.97 Å². The molecule has 0 aliphatic heterocycles. The van der Waals surface area contributed by atoms with Crippen LogP contribution in [0.1, 0.15) is 25.7 Å². The van der Waals surface area contributed by atoms with Crippen molar-refractivity contribution in [3.05, 3.63) is 34.9 Å².